The monoisotopic (exact) mass is 392 g/mol. The van der Waals surface area contributed by atoms with Crippen LogP contribution >= 0.6 is 11.6 Å². The molecule has 0 bridgehead atoms. The molecule has 0 aliphatic carbocycles. The second kappa shape index (κ2) is 7.78. The van der Waals surface area contributed by atoms with Crippen LogP contribution in [0.4, 0.5) is 5.69 Å². The molecule has 1 aliphatic heterocycles. The van der Waals surface area contributed by atoms with Crippen LogP contribution in [0.3, 0.4) is 0 Å². The summed E-state index contributed by atoms with van der Waals surface area (Å²) in [6.07, 6.45) is 2.81. The van der Waals surface area contributed by atoms with Gasteiger partial charge < -0.3 is 5.32 Å². The van der Waals surface area contributed by atoms with Crippen LogP contribution in [-0.2, 0) is 10.0 Å². The average Bonchev–Trinajstić information content (AvgIpc) is 2.64. The van der Waals surface area contributed by atoms with Gasteiger partial charge in [0.2, 0.25) is 10.0 Å². The number of piperidine rings is 1. The molecular weight excluding hydrogens is 372 g/mol. The Bertz CT molecular complexity index is 922. The summed E-state index contributed by atoms with van der Waals surface area (Å²) in [5.41, 5.74) is 1.43. The number of hydrogen-bond acceptors (Lipinski definition) is 3. The second-order valence-electron chi connectivity index (χ2n) is 6.38. The Labute approximate surface area is 159 Å². The summed E-state index contributed by atoms with van der Waals surface area (Å²) in [5.74, 6) is -0.374. The summed E-state index contributed by atoms with van der Waals surface area (Å²) in [5, 5.41) is 3.08. The van der Waals surface area contributed by atoms with Gasteiger partial charge in [0.05, 0.1) is 15.5 Å². The van der Waals surface area contributed by atoms with Crippen LogP contribution in [0.1, 0.15) is 35.2 Å². The number of halogens is 1. The van der Waals surface area contributed by atoms with Gasteiger partial charge in [0.25, 0.3) is 5.91 Å². The molecule has 0 aromatic heterocycles. The van der Waals surface area contributed by atoms with Gasteiger partial charge in [-0.2, -0.15) is 4.31 Å². The fraction of sp³-hybridized carbons (Fsp3) is 0.316. The minimum absolute atomic E-state index is 0.233. The molecule has 1 N–H and O–H groups in total. The fourth-order valence-electron chi connectivity index (χ4n) is 3.04. The Morgan fingerprint density at radius 2 is 1.77 bits per heavy atom. The highest BCUT2D eigenvalue weighted by Crippen LogP contribution is 2.26. The molecule has 0 radical (unpaired) electrons. The van der Waals surface area contributed by atoms with Crippen molar-refractivity contribution in [1.82, 2.24) is 4.31 Å². The fourth-order valence-corrected chi connectivity index (χ4v) is 5.03. The molecule has 1 saturated heterocycles. The van der Waals surface area contributed by atoms with E-state index in [2.05, 4.69) is 5.32 Å². The standard InChI is InChI=1S/C19H21ClN2O3S/c1-14-9-10-15(21-19(23)16-7-3-4-8-17(16)20)13-18(14)26(24,25)22-11-5-2-6-12-22/h3-4,7-10,13H,2,5-6,11-12H2,1H3,(H,21,23). The van der Waals surface area contributed by atoms with Crippen LogP contribution in [0, 0.1) is 6.92 Å². The normalized spacial score (nSPS) is 15.6. The zero-order valence-corrected chi connectivity index (χ0v) is 16.1. The van der Waals surface area contributed by atoms with Gasteiger partial charge in [0.1, 0.15) is 0 Å². The Kier molecular flexibility index (Phi) is 5.65. The zero-order chi connectivity index (χ0) is 18.7. The van der Waals surface area contributed by atoms with Crippen LogP contribution in [0.5, 0.6) is 0 Å². The van der Waals surface area contributed by atoms with Gasteiger partial charge in [-0.05, 0) is 49.6 Å². The number of anilines is 1. The summed E-state index contributed by atoms with van der Waals surface area (Å²) in [7, 11) is -3.57. The number of carbonyl (C=O) groups excluding carboxylic acids is 1. The number of rotatable bonds is 4. The summed E-state index contributed by atoms with van der Waals surface area (Å²) in [6, 6.07) is 11.7. The predicted molar refractivity (Wildman–Crippen MR) is 103 cm³/mol. The first kappa shape index (κ1) is 18.9. The average molecular weight is 393 g/mol. The first-order valence-corrected chi connectivity index (χ1v) is 10.4. The Morgan fingerprint density at radius 3 is 2.46 bits per heavy atom. The number of aryl methyl sites for hydroxylation is 1. The molecule has 3 rings (SSSR count). The molecule has 1 amide bonds. The number of nitrogens with one attached hydrogen (secondary N) is 1. The first-order chi connectivity index (χ1) is 12.4. The summed E-state index contributed by atoms with van der Waals surface area (Å²) < 4.78 is 27.5. The largest absolute Gasteiger partial charge is 0.322 e. The van der Waals surface area contributed by atoms with Crippen molar-refractivity contribution in [1.29, 1.82) is 0 Å². The number of carbonyl (C=O) groups is 1. The van der Waals surface area contributed by atoms with Crippen LogP contribution in [0.15, 0.2) is 47.4 Å². The van der Waals surface area contributed by atoms with E-state index in [-0.39, 0.29) is 10.8 Å². The van der Waals surface area contributed by atoms with Crippen LogP contribution in [-0.4, -0.2) is 31.7 Å². The third-order valence-corrected chi connectivity index (χ3v) is 6.87. The molecular formula is C19H21ClN2O3S. The zero-order valence-electron chi connectivity index (χ0n) is 14.5. The summed E-state index contributed by atoms with van der Waals surface area (Å²) in [6.45, 7) is 2.84. The number of hydrogen-bond donors (Lipinski definition) is 1. The number of nitrogens with zero attached hydrogens (tertiary/aromatic N) is 1. The molecule has 0 unspecified atom stereocenters. The van der Waals surface area contributed by atoms with Gasteiger partial charge in [-0.3, -0.25) is 4.79 Å². The molecule has 2 aromatic carbocycles. The van der Waals surface area contributed by atoms with Crippen molar-refractivity contribution in [2.45, 2.75) is 31.1 Å². The third-order valence-electron chi connectivity index (χ3n) is 4.50. The number of benzene rings is 2. The molecule has 1 fully saturated rings. The van der Waals surface area contributed by atoms with Crippen molar-refractivity contribution in [3.05, 3.63) is 58.6 Å². The van der Waals surface area contributed by atoms with Gasteiger partial charge >= 0.3 is 0 Å². The third kappa shape index (κ3) is 3.92. The second-order valence-corrected chi connectivity index (χ2v) is 8.69. The first-order valence-electron chi connectivity index (χ1n) is 8.56. The van der Waals surface area contributed by atoms with Crippen LogP contribution in [0.2, 0.25) is 5.02 Å². The van der Waals surface area contributed by atoms with E-state index in [1.807, 2.05) is 0 Å². The van der Waals surface area contributed by atoms with Crippen molar-refractivity contribution >= 4 is 33.2 Å². The van der Waals surface area contributed by atoms with E-state index < -0.39 is 10.0 Å². The number of sulfonamides is 1. The molecule has 1 aliphatic rings. The minimum Gasteiger partial charge on any atom is -0.322 e. The van der Waals surface area contributed by atoms with E-state index in [1.165, 1.54) is 10.4 Å². The Morgan fingerprint density at radius 1 is 1.08 bits per heavy atom. The van der Waals surface area contributed by atoms with Gasteiger partial charge in [-0.15, -0.1) is 0 Å². The molecule has 138 valence electrons. The summed E-state index contributed by atoms with van der Waals surface area (Å²) in [4.78, 5) is 12.7. The van der Waals surface area contributed by atoms with E-state index in [0.717, 1.165) is 19.3 Å². The van der Waals surface area contributed by atoms with E-state index in [4.69, 9.17) is 11.6 Å². The SMILES string of the molecule is Cc1ccc(NC(=O)c2ccccc2Cl)cc1S(=O)(=O)N1CCCCC1. The molecule has 7 heteroatoms. The van der Waals surface area contributed by atoms with Crippen molar-refractivity contribution < 1.29 is 13.2 Å². The van der Waals surface area contributed by atoms with Gasteiger partial charge in [-0.1, -0.05) is 36.2 Å². The van der Waals surface area contributed by atoms with Gasteiger partial charge in [0.15, 0.2) is 0 Å². The Hall–Kier alpha value is -1.89. The van der Waals surface area contributed by atoms with Crippen molar-refractivity contribution in [3.8, 4) is 0 Å². The van der Waals surface area contributed by atoms with Gasteiger partial charge in [-0.25, -0.2) is 8.42 Å². The summed E-state index contributed by atoms with van der Waals surface area (Å²) >= 11 is 6.05. The van der Waals surface area contributed by atoms with Crippen LogP contribution < -0.4 is 5.32 Å². The van der Waals surface area contributed by atoms with E-state index in [9.17, 15) is 13.2 Å². The smallest absolute Gasteiger partial charge is 0.257 e. The maximum Gasteiger partial charge on any atom is 0.257 e. The lowest BCUT2D eigenvalue weighted by atomic mass is 10.2. The van der Waals surface area contributed by atoms with E-state index in [0.29, 0.717) is 34.9 Å². The predicted octanol–water partition coefficient (Wildman–Crippen LogP) is 4.08. The molecule has 26 heavy (non-hydrogen) atoms. The maximum atomic E-state index is 13.0. The van der Waals surface area contributed by atoms with Crippen molar-refractivity contribution in [2.24, 2.45) is 0 Å². The van der Waals surface area contributed by atoms with E-state index in [1.54, 1.807) is 43.3 Å². The minimum atomic E-state index is -3.57. The molecule has 0 saturated carbocycles. The van der Waals surface area contributed by atoms with Crippen LogP contribution in [0.25, 0.3) is 0 Å². The van der Waals surface area contributed by atoms with Gasteiger partial charge in [0, 0.05) is 18.8 Å². The lowest BCUT2D eigenvalue weighted by Gasteiger charge is -2.26. The van der Waals surface area contributed by atoms with Crippen molar-refractivity contribution in [2.75, 3.05) is 18.4 Å². The molecule has 1 heterocycles. The Balaban J connectivity index is 1.88. The number of amides is 1. The topological polar surface area (TPSA) is 66.5 Å². The highest BCUT2D eigenvalue weighted by molar-refractivity contribution is 7.89. The molecule has 0 spiro atoms. The molecule has 5 nitrogen and oxygen atoms in total. The maximum absolute atomic E-state index is 13.0. The highest BCUT2D eigenvalue weighted by atomic mass is 35.5. The highest BCUT2D eigenvalue weighted by Gasteiger charge is 2.27. The molecule has 0 atom stereocenters. The lowest BCUT2D eigenvalue weighted by Crippen LogP contribution is -2.36. The van der Waals surface area contributed by atoms with E-state index >= 15 is 0 Å². The quantitative estimate of drug-likeness (QED) is 0.852. The molecule has 2 aromatic rings. The van der Waals surface area contributed by atoms with Crippen molar-refractivity contribution in [3.63, 3.8) is 0 Å². The lowest BCUT2D eigenvalue weighted by molar-refractivity contribution is 0.102.